The molecule has 120 valence electrons. The van der Waals surface area contributed by atoms with Crippen LogP contribution in [0.1, 0.15) is 22.8 Å². The molecule has 7 heteroatoms. The van der Waals surface area contributed by atoms with Crippen molar-refractivity contribution in [1.82, 2.24) is 0 Å². The lowest BCUT2D eigenvalue weighted by Crippen LogP contribution is -2.14. The van der Waals surface area contributed by atoms with E-state index in [2.05, 4.69) is 10.6 Å². The van der Waals surface area contributed by atoms with Gasteiger partial charge in [0.15, 0.2) is 0 Å². The van der Waals surface area contributed by atoms with Gasteiger partial charge in [-0.1, -0.05) is 29.3 Å². The topological polar surface area (TPSA) is 58.2 Å². The van der Waals surface area contributed by atoms with Crippen molar-refractivity contribution in [2.45, 2.75) is 13.8 Å². The monoisotopic (exact) mass is 354 g/mol. The fraction of sp³-hybridized carbons (Fsp3) is 0.125. The molecule has 23 heavy (non-hydrogen) atoms. The first kappa shape index (κ1) is 17.2. The van der Waals surface area contributed by atoms with Crippen molar-refractivity contribution in [1.29, 1.82) is 0 Å². The van der Waals surface area contributed by atoms with Gasteiger partial charge in [-0.05, 0) is 36.8 Å². The number of nitrogens with one attached hydrogen (secondary N) is 2. The second-order valence-electron chi connectivity index (χ2n) is 4.91. The van der Waals surface area contributed by atoms with Gasteiger partial charge in [0.2, 0.25) is 5.91 Å². The van der Waals surface area contributed by atoms with Gasteiger partial charge in [-0.15, -0.1) is 0 Å². The summed E-state index contributed by atoms with van der Waals surface area (Å²) in [5.41, 5.74) is 1.82. The number of anilines is 2. The Kier molecular flexibility index (Phi) is 5.23. The van der Waals surface area contributed by atoms with Gasteiger partial charge in [-0.3, -0.25) is 9.59 Å². The van der Waals surface area contributed by atoms with Crippen LogP contribution in [0.15, 0.2) is 30.3 Å². The second kappa shape index (κ2) is 6.98. The molecule has 0 aromatic heterocycles. The molecule has 2 rings (SSSR count). The van der Waals surface area contributed by atoms with E-state index in [1.807, 2.05) is 6.92 Å². The maximum Gasteiger partial charge on any atom is 0.257 e. The van der Waals surface area contributed by atoms with Crippen LogP contribution < -0.4 is 10.6 Å². The van der Waals surface area contributed by atoms with Gasteiger partial charge >= 0.3 is 0 Å². The van der Waals surface area contributed by atoms with E-state index in [-0.39, 0.29) is 21.5 Å². The Morgan fingerprint density at radius 2 is 1.74 bits per heavy atom. The molecule has 0 atom stereocenters. The zero-order valence-electron chi connectivity index (χ0n) is 12.3. The number of benzene rings is 2. The Morgan fingerprint density at radius 3 is 2.39 bits per heavy atom. The van der Waals surface area contributed by atoms with Gasteiger partial charge in [0.1, 0.15) is 5.82 Å². The van der Waals surface area contributed by atoms with E-state index in [9.17, 15) is 14.0 Å². The lowest BCUT2D eigenvalue weighted by atomic mass is 10.1. The highest BCUT2D eigenvalue weighted by atomic mass is 35.5. The van der Waals surface area contributed by atoms with Gasteiger partial charge in [-0.25, -0.2) is 4.39 Å². The summed E-state index contributed by atoms with van der Waals surface area (Å²) >= 11 is 11.5. The standard InChI is InChI=1S/C16H13Cl2FN2O2/c1-8-3-4-10(5-15(8)20-9(2)22)21-16(23)11-6-14(19)13(18)7-12(11)17/h3-7H,1-2H3,(H,20,22)(H,21,23). The summed E-state index contributed by atoms with van der Waals surface area (Å²) in [7, 11) is 0. The fourth-order valence-electron chi connectivity index (χ4n) is 1.92. The predicted octanol–water partition coefficient (Wildman–Crippen LogP) is 4.65. The van der Waals surface area contributed by atoms with Crippen molar-refractivity contribution in [2.75, 3.05) is 10.6 Å². The Hall–Kier alpha value is -2.11. The first-order valence-electron chi connectivity index (χ1n) is 6.62. The lowest BCUT2D eigenvalue weighted by Gasteiger charge is -2.11. The Morgan fingerprint density at radius 1 is 1.04 bits per heavy atom. The summed E-state index contributed by atoms with van der Waals surface area (Å²) in [6.45, 7) is 3.21. The van der Waals surface area contributed by atoms with E-state index in [4.69, 9.17) is 23.2 Å². The van der Waals surface area contributed by atoms with E-state index in [0.717, 1.165) is 11.6 Å². The molecule has 0 aliphatic carbocycles. The van der Waals surface area contributed by atoms with Gasteiger partial charge in [0, 0.05) is 18.3 Å². The minimum Gasteiger partial charge on any atom is -0.326 e. The molecule has 0 radical (unpaired) electrons. The average molecular weight is 355 g/mol. The third-order valence-electron chi connectivity index (χ3n) is 3.06. The molecule has 0 spiro atoms. The van der Waals surface area contributed by atoms with Crippen LogP contribution in [-0.2, 0) is 4.79 Å². The number of aryl methyl sites for hydroxylation is 1. The molecular weight excluding hydrogens is 342 g/mol. The molecular formula is C16H13Cl2FN2O2. The molecule has 0 saturated heterocycles. The molecule has 0 heterocycles. The highest BCUT2D eigenvalue weighted by molar-refractivity contribution is 6.37. The van der Waals surface area contributed by atoms with Gasteiger partial charge in [0.05, 0.1) is 15.6 Å². The first-order valence-corrected chi connectivity index (χ1v) is 7.37. The summed E-state index contributed by atoms with van der Waals surface area (Å²) in [5.74, 6) is -1.54. The quantitative estimate of drug-likeness (QED) is 0.788. The zero-order chi connectivity index (χ0) is 17.1. The molecule has 0 aliphatic heterocycles. The maximum absolute atomic E-state index is 13.5. The molecule has 4 nitrogen and oxygen atoms in total. The predicted molar refractivity (Wildman–Crippen MR) is 89.9 cm³/mol. The largest absolute Gasteiger partial charge is 0.326 e. The lowest BCUT2D eigenvalue weighted by molar-refractivity contribution is -0.114. The van der Waals surface area contributed by atoms with Crippen LogP contribution in [0.2, 0.25) is 10.0 Å². The minimum atomic E-state index is -0.732. The fourth-order valence-corrected chi connectivity index (χ4v) is 2.39. The van der Waals surface area contributed by atoms with Crippen LogP contribution >= 0.6 is 23.2 Å². The summed E-state index contributed by atoms with van der Waals surface area (Å²) in [5, 5.41) is 5.15. The Balaban J connectivity index is 2.27. The van der Waals surface area contributed by atoms with E-state index in [1.54, 1.807) is 18.2 Å². The van der Waals surface area contributed by atoms with E-state index >= 15 is 0 Å². The van der Waals surface area contributed by atoms with Crippen LogP contribution in [-0.4, -0.2) is 11.8 Å². The normalized spacial score (nSPS) is 10.3. The van der Waals surface area contributed by atoms with Crippen LogP contribution in [0, 0.1) is 12.7 Å². The van der Waals surface area contributed by atoms with Gasteiger partial charge < -0.3 is 10.6 Å². The molecule has 0 fully saturated rings. The van der Waals surface area contributed by atoms with Crippen molar-refractivity contribution in [3.05, 3.63) is 57.3 Å². The number of hydrogen-bond acceptors (Lipinski definition) is 2. The molecule has 0 unspecified atom stereocenters. The Labute approximate surface area is 142 Å². The molecule has 0 aliphatic rings. The first-order chi connectivity index (χ1) is 10.8. The molecule has 2 amide bonds. The molecule has 2 aromatic carbocycles. The zero-order valence-corrected chi connectivity index (χ0v) is 13.8. The average Bonchev–Trinajstić information content (AvgIpc) is 2.45. The maximum atomic E-state index is 13.5. The van der Waals surface area contributed by atoms with Crippen molar-refractivity contribution >= 4 is 46.4 Å². The molecule has 2 N–H and O–H groups in total. The highest BCUT2D eigenvalue weighted by Crippen LogP contribution is 2.26. The summed E-state index contributed by atoms with van der Waals surface area (Å²) in [4.78, 5) is 23.4. The molecule has 0 saturated carbocycles. The van der Waals surface area contributed by atoms with Crippen LogP contribution in [0.4, 0.5) is 15.8 Å². The number of rotatable bonds is 3. The van der Waals surface area contributed by atoms with E-state index < -0.39 is 11.7 Å². The van der Waals surface area contributed by atoms with Crippen molar-refractivity contribution in [3.63, 3.8) is 0 Å². The van der Waals surface area contributed by atoms with Crippen molar-refractivity contribution < 1.29 is 14.0 Å². The van der Waals surface area contributed by atoms with Crippen LogP contribution in [0.25, 0.3) is 0 Å². The highest BCUT2D eigenvalue weighted by Gasteiger charge is 2.15. The molecule has 2 aromatic rings. The third kappa shape index (κ3) is 4.21. The van der Waals surface area contributed by atoms with Gasteiger partial charge in [0.25, 0.3) is 5.91 Å². The van der Waals surface area contributed by atoms with E-state index in [0.29, 0.717) is 11.4 Å². The minimum absolute atomic E-state index is 0.0322. The van der Waals surface area contributed by atoms with Crippen molar-refractivity contribution in [3.8, 4) is 0 Å². The molecule has 0 bridgehead atoms. The third-order valence-corrected chi connectivity index (χ3v) is 3.66. The van der Waals surface area contributed by atoms with Crippen LogP contribution in [0.3, 0.4) is 0 Å². The SMILES string of the molecule is CC(=O)Nc1cc(NC(=O)c2cc(F)c(Cl)cc2Cl)ccc1C. The number of halogens is 3. The smallest absolute Gasteiger partial charge is 0.257 e. The van der Waals surface area contributed by atoms with E-state index in [1.165, 1.54) is 13.0 Å². The number of amides is 2. The second-order valence-corrected chi connectivity index (χ2v) is 5.73. The number of carbonyl (C=O) groups is 2. The Bertz CT molecular complexity index is 794. The summed E-state index contributed by atoms with van der Waals surface area (Å²) in [6, 6.07) is 7.16. The van der Waals surface area contributed by atoms with Crippen molar-refractivity contribution in [2.24, 2.45) is 0 Å². The number of carbonyl (C=O) groups excluding carboxylic acids is 2. The number of hydrogen-bond donors (Lipinski definition) is 2. The summed E-state index contributed by atoms with van der Waals surface area (Å²) < 4.78 is 13.5. The summed E-state index contributed by atoms with van der Waals surface area (Å²) in [6.07, 6.45) is 0. The van der Waals surface area contributed by atoms with Crippen LogP contribution in [0.5, 0.6) is 0 Å². The van der Waals surface area contributed by atoms with Gasteiger partial charge in [-0.2, -0.15) is 0 Å².